The molecule has 120 valence electrons. The van der Waals surface area contributed by atoms with Crippen LogP contribution in [0.4, 0.5) is 0 Å². The number of carbonyl (C=O) groups is 1. The van der Waals surface area contributed by atoms with Crippen molar-refractivity contribution in [3.05, 3.63) is 66.0 Å². The van der Waals surface area contributed by atoms with E-state index in [1.54, 1.807) is 12.4 Å². The average Bonchev–Trinajstić information content (AvgIpc) is 2.62. The molecule has 2 N–H and O–H groups in total. The molecule has 2 aromatic rings. The van der Waals surface area contributed by atoms with Gasteiger partial charge in [0.25, 0.3) is 0 Å². The second-order valence-electron chi connectivity index (χ2n) is 5.62. The highest BCUT2D eigenvalue weighted by molar-refractivity contribution is 5.77. The quantitative estimate of drug-likeness (QED) is 0.881. The predicted molar refractivity (Wildman–Crippen MR) is 87.9 cm³/mol. The number of aromatic nitrogens is 1. The predicted octanol–water partition coefficient (Wildman–Crippen LogP) is 1.67. The summed E-state index contributed by atoms with van der Waals surface area (Å²) in [4.78, 5) is 16.5. The molecule has 1 amide bonds. The first kappa shape index (κ1) is 15.6. The Hall–Kier alpha value is -2.24. The molecule has 0 radical (unpaired) electrons. The molecule has 1 aromatic heterocycles. The van der Waals surface area contributed by atoms with Crippen LogP contribution in [0.25, 0.3) is 0 Å². The van der Waals surface area contributed by atoms with Crippen molar-refractivity contribution in [2.75, 3.05) is 19.8 Å². The molecule has 1 aliphatic heterocycles. The molecular formula is C18H21N3O2. The number of rotatable bonds is 5. The lowest BCUT2D eigenvalue weighted by Gasteiger charge is -2.25. The Bertz CT molecular complexity index is 573. The maximum absolute atomic E-state index is 12.4. The van der Waals surface area contributed by atoms with Gasteiger partial charge in [0.05, 0.1) is 19.3 Å². The van der Waals surface area contributed by atoms with Gasteiger partial charge in [-0.1, -0.05) is 30.3 Å². The lowest BCUT2D eigenvalue weighted by atomic mass is 9.99. The summed E-state index contributed by atoms with van der Waals surface area (Å²) in [6, 6.07) is 13.7. The Morgan fingerprint density at radius 2 is 1.96 bits per heavy atom. The van der Waals surface area contributed by atoms with Crippen molar-refractivity contribution in [1.82, 2.24) is 15.6 Å². The van der Waals surface area contributed by atoms with E-state index in [0.29, 0.717) is 19.6 Å². The fourth-order valence-electron chi connectivity index (χ4n) is 2.76. The Kier molecular flexibility index (Phi) is 5.34. The maximum atomic E-state index is 12.4. The minimum absolute atomic E-state index is 0.0127. The minimum Gasteiger partial charge on any atom is -0.378 e. The average molecular weight is 311 g/mol. The first-order valence-corrected chi connectivity index (χ1v) is 7.88. The molecule has 23 heavy (non-hydrogen) atoms. The number of hydrogen-bond acceptors (Lipinski definition) is 4. The van der Waals surface area contributed by atoms with Crippen molar-refractivity contribution >= 4 is 5.91 Å². The van der Waals surface area contributed by atoms with Gasteiger partial charge < -0.3 is 15.4 Å². The zero-order chi connectivity index (χ0) is 15.9. The van der Waals surface area contributed by atoms with Gasteiger partial charge in [0.15, 0.2) is 0 Å². The van der Waals surface area contributed by atoms with E-state index < -0.39 is 0 Å². The van der Waals surface area contributed by atoms with Crippen molar-refractivity contribution in [1.29, 1.82) is 0 Å². The zero-order valence-corrected chi connectivity index (χ0v) is 12.9. The summed E-state index contributed by atoms with van der Waals surface area (Å²) in [6.45, 7) is 2.09. The lowest BCUT2D eigenvalue weighted by Crippen LogP contribution is -2.44. The number of morpholine rings is 1. The minimum atomic E-state index is -0.170. The van der Waals surface area contributed by atoms with Crippen LogP contribution in [0.2, 0.25) is 0 Å². The highest BCUT2D eigenvalue weighted by atomic mass is 16.5. The molecule has 0 bridgehead atoms. The molecular weight excluding hydrogens is 290 g/mol. The number of benzene rings is 1. The van der Waals surface area contributed by atoms with Gasteiger partial charge in [-0.05, 0) is 23.3 Å². The maximum Gasteiger partial charge on any atom is 0.222 e. The number of nitrogens with one attached hydrogen (secondary N) is 2. The summed E-state index contributed by atoms with van der Waals surface area (Å²) in [5, 5.41) is 6.44. The molecule has 2 heterocycles. The van der Waals surface area contributed by atoms with Crippen LogP contribution in [-0.2, 0) is 9.53 Å². The topological polar surface area (TPSA) is 63.2 Å². The van der Waals surface area contributed by atoms with E-state index in [1.807, 2.05) is 42.5 Å². The highest BCUT2D eigenvalue weighted by Gasteiger charge is 2.21. The Morgan fingerprint density at radius 3 is 2.65 bits per heavy atom. The van der Waals surface area contributed by atoms with Gasteiger partial charge in [0.1, 0.15) is 0 Å². The van der Waals surface area contributed by atoms with E-state index in [2.05, 4.69) is 15.6 Å². The SMILES string of the molecule is O=C(CC1COCCN1)NC(c1ccccc1)c1ccncc1. The van der Waals surface area contributed by atoms with Gasteiger partial charge in [-0.3, -0.25) is 9.78 Å². The molecule has 5 nitrogen and oxygen atoms in total. The molecule has 0 spiro atoms. The largest absolute Gasteiger partial charge is 0.378 e. The zero-order valence-electron chi connectivity index (χ0n) is 12.9. The van der Waals surface area contributed by atoms with Gasteiger partial charge in [0, 0.05) is 31.4 Å². The highest BCUT2D eigenvalue weighted by Crippen LogP contribution is 2.21. The summed E-state index contributed by atoms with van der Waals surface area (Å²) in [5.74, 6) is 0.0127. The van der Waals surface area contributed by atoms with Gasteiger partial charge in [-0.15, -0.1) is 0 Å². The third-order valence-electron chi connectivity index (χ3n) is 3.91. The number of ether oxygens (including phenoxy) is 1. The third-order valence-corrected chi connectivity index (χ3v) is 3.91. The molecule has 1 saturated heterocycles. The molecule has 1 aromatic carbocycles. The standard InChI is InChI=1S/C18H21N3O2/c22-17(12-16-13-23-11-10-20-16)21-18(14-4-2-1-3-5-14)15-6-8-19-9-7-15/h1-9,16,18,20H,10-13H2,(H,21,22). The molecule has 2 atom stereocenters. The van der Waals surface area contributed by atoms with Crippen LogP contribution < -0.4 is 10.6 Å². The van der Waals surface area contributed by atoms with E-state index in [1.165, 1.54) is 0 Å². The smallest absolute Gasteiger partial charge is 0.222 e. The third kappa shape index (κ3) is 4.37. The number of amides is 1. The van der Waals surface area contributed by atoms with Gasteiger partial charge >= 0.3 is 0 Å². The van der Waals surface area contributed by atoms with Crippen molar-refractivity contribution < 1.29 is 9.53 Å². The molecule has 2 unspecified atom stereocenters. The number of hydrogen-bond donors (Lipinski definition) is 2. The Labute approximate surface area is 136 Å². The van der Waals surface area contributed by atoms with E-state index >= 15 is 0 Å². The van der Waals surface area contributed by atoms with E-state index in [-0.39, 0.29) is 18.0 Å². The van der Waals surface area contributed by atoms with Crippen molar-refractivity contribution in [3.63, 3.8) is 0 Å². The van der Waals surface area contributed by atoms with E-state index in [9.17, 15) is 4.79 Å². The Balaban J connectivity index is 1.72. The number of pyridine rings is 1. The molecule has 0 aliphatic carbocycles. The molecule has 1 fully saturated rings. The van der Waals surface area contributed by atoms with Crippen LogP contribution in [0, 0.1) is 0 Å². The van der Waals surface area contributed by atoms with Gasteiger partial charge in [-0.2, -0.15) is 0 Å². The lowest BCUT2D eigenvalue weighted by molar-refractivity contribution is -0.122. The summed E-state index contributed by atoms with van der Waals surface area (Å²) in [5.41, 5.74) is 2.08. The second kappa shape index (κ2) is 7.85. The molecule has 5 heteroatoms. The molecule has 1 aliphatic rings. The van der Waals surface area contributed by atoms with Crippen LogP contribution in [0.1, 0.15) is 23.6 Å². The van der Waals surface area contributed by atoms with Crippen LogP contribution in [0.3, 0.4) is 0 Å². The summed E-state index contributed by atoms with van der Waals surface area (Å²) >= 11 is 0. The fraction of sp³-hybridized carbons (Fsp3) is 0.333. The van der Waals surface area contributed by atoms with Gasteiger partial charge in [0.2, 0.25) is 5.91 Å². The monoisotopic (exact) mass is 311 g/mol. The van der Waals surface area contributed by atoms with Crippen LogP contribution >= 0.6 is 0 Å². The second-order valence-corrected chi connectivity index (χ2v) is 5.62. The first-order valence-electron chi connectivity index (χ1n) is 7.88. The fourth-order valence-corrected chi connectivity index (χ4v) is 2.76. The molecule has 3 rings (SSSR count). The van der Waals surface area contributed by atoms with E-state index in [4.69, 9.17) is 4.74 Å². The number of nitrogens with zero attached hydrogens (tertiary/aromatic N) is 1. The Morgan fingerprint density at radius 1 is 1.22 bits per heavy atom. The van der Waals surface area contributed by atoms with E-state index in [0.717, 1.165) is 17.7 Å². The normalized spacial score (nSPS) is 19.0. The summed E-state index contributed by atoms with van der Waals surface area (Å²) < 4.78 is 5.41. The van der Waals surface area contributed by atoms with Crippen LogP contribution in [-0.4, -0.2) is 36.7 Å². The summed E-state index contributed by atoms with van der Waals surface area (Å²) in [7, 11) is 0. The number of carbonyl (C=O) groups excluding carboxylic acids is 1. The van der Waals surface area contributed by atoms with Crippen molar-refractivity contribution in [2.24, 2.45) is 0 Å². The van der Waals surface area contributed by atoms with Crippen molar-refractivity contribution in [3.8, 4) is 0 Å². The van der Waals surface area contributed by atoms with Crippen molar-refractivity contribution in [2.45, 2.75) is 18.5 Å². The van der Waals surface area contributed by atoms with Crippen LogP contribution in [0.15, 0.2) is 54.9 Å². The van der Waals surface area contributed by atoms with Crippen LogP contribution in [0.5, 0.6) is 0 Å². The summed E-state index contributed by atoms with van der Waals surface area (Å²) in [6.07, 6.45) is 3.90. The molecule has 0 saturated carbocycles. The van der Waals surface area contributed by atoms with Gasteiger partial charge in [-0.25, -0.2) is 0 Å². The first-order chi connectivity index (χ1) is 11.3.